The molecule has 2 aliphatic rings. The number of nitrogen functional groups attached to an aromatic ring is 1. The highest BCUT2D eigenvalue weighted by Gasteiger charge is 2.31. The lowest BCUT2D eigenvalue weighted by Crippen LogP contribution is -2.49. The average molecular weight is 309 g/mol. The Labute approximate surface area is 126 Å². The van der Waals surface area contributed by atoms with Crippen molar-refractivity contribution in [1.29, 1.82) is 0 Å². The van der Waals surface area contributed by atoms with Crippen LogP contribution in [-0.2, 0) is 10.0 Å². The zero-order valence-corrected chi connectivity index (χ0v) is 13.3. The van der Waals surface area contributed by atoms with E-state index in [1.165, 1.54) is 12.8 Å². The summed E-state index contributed by atoms with van der Waals surface area (Å²) >= 11 is 0. The summed E-state index contributed by atoms with van der Waals surface area (Å²) in [6.07, 6.45) is 2.67. The first kappa shape index (κ1) is 14.8. The Bertz CT molecular complexity index is 598. The van der Waals surface area contributed by atoms with E-state index in [2.05, 4.69) is 4.90 Å². The fraction of sp³-hybridized carbons (Fsp3) is 0.600. The van der Waals surface area contributed by atoms with E-state index in [4.69, 9.17) is 5.73 Å². The number of hydrogen-bond acceptors (Lipinski definition) is 4. The Balaban J connectivity index is 1.70. The Morgan fingerprint density at radius 1 is 1.14 bits per heavy atom. The third-order valence-corrected chi connectivity index (χ3v) is 6.13. The van der Waals surface area contributed by atoms with Crippen LogP contribution in [0.5, 0.6) is 0 Å². The third kappa shape index (κ3) is 3.39. The lowest BCUT2D eigenvalue weighted by molar-refractivity contribution is 0.182. The van der Waals surface area contributed by atoms with Gasteiger partial charge in [-0.2, -0.15) is 4.31 Å². The van der Waals surface area contributed by atoms with Crippen LogP contribution in [0.1, 0.15) is 18.4 Å². The van der Waals surface area contributed by atoms with Gasteiger partial charge in [0.25, 0.3) is 0 Å². The topological polar surface area (TPSA) is 66.6 Å². The van der Waals surface area contributed by atoms with Crippen LogP contribution in [-0.4, -0.2) is 50.3 Å². The van der Waals surface area contributed by atoms with Crippen molar-refractivity contribution in [2.45, 2.75) is 24.7 Å². The van der Waals surface area contributed by atoms with Crippen LogP contribution < -0.4 is 5.73 Å². The molecule has 0 spiro atoms. The molecule has 116 valence electrons. The molecule has 2 fully saturated rings. The summed E-state index contributed by atoms with van der Waals surface area (Å²) in [5.74, 6) is 0.852. The molecule has 0 bridgehead atoms. The maximum Gasteiger partial charge on any atom is 0.243 e. The van der Waals surface area contributed by atoms with Crippen LogP contribution in [0.15, 0.2) is 23.1 Å². The van der Waals surface area contributed by atoms with Gasteiger partial charge in [-0.05, 0) is 49.4 Å². The number of piperazine rings is 1. The molecular formula is C15H23N3O2S. The van der Waals surface area contributed by atoms with E-state index in [0.717, 1.165) is 31.1 Å². The number of aryl methyl sites for hydroxylation is 1. The molecule has 1 aliphatic carbocycles. The standard InChI is InChI=1S/C15H23N3O2S/c1-12-8-14(16)10-15(9-12)21(19,20)18-6-4-17(5-7-18)11-13-2-3-13/h8-10,13H,2-7,11,16H2,1H3. The van der Waals surface area contributed by atoms with Crippen LogP contribution in [0.2, 0.25) is 0 Å². The number of sulfonamides is 1. The average Bonchev–Trinajstić information content (AvgIpc) is 3.22. The molecule has 1 heterocycles. The van der Waals surface area contributed by atoms with E-state index in [1.54, 1.807) is 22.5 Å². The smallest absolute Gasteiger partial charge is 0.243 e. The second-order valence-electron chi connectivity index (χ2n) is 6.23. The second-order valence-corrected chi connectivity index (χ2v) is 8.17. The van der Waals surface area contributed by atoms with Gasteiger partial charge in [0.05, 0.1) is 4.90 Å². The van der Waals surface area contributed by atoms with Crippen LogP contribution in [0.3, 0.4) is 0 Å². The second kappa shape index (κ2) is 5.59. The molecule has 3 rings (SSSR count). The molecule has 6 heteroatoms. The minimum Gasteiger partial charge on any atom is -0.399 e. The molecule has 0 atom stereocenters. The Morgan fingerprint density at radius 2 is 1.81 bits per heavy atom. The first-order valence-electron chi connectivity index (χ1n) is 7.55. The molecule has 1 aliphatic heterocycles. The van der Waals surface area contributed by atoms with Crippen molar-refractivity contribution in [3.05, 3.63) is 23.8 Å². The normalized spacial score (nSPS) is 21.6. The number of rotatable bonds is 4. The fourth-order valence-corrected chi connectivity index (χ4v) is 4.45. The number of anilines is 1. The minimum absolute atomic E-state index is 0.315. The number of benzene rings is 1. The summed E-state index contributed by atoms with van der Waals surface area (Å²) in [7, 11) is -3.42. The van der Waals surface area contributed by atoms with Gasteiger partial charge in [-0.25, -0.2) is 8.42 Å². The number of nitrogens with two attached hydrogens (primary N) is 1. The molecule has 0 aromatic heterocycles. The summed E-state index contributed by atoms with van der Waals surface area (Å²) in [5, 5.41) is 0. The SMILES string of the molecule is Cc1cc(N)cc(S(=O)(=O)N2CCN(CC3CC3)CC2)c1. The molecule has 21 heavy (non-hydrogen) atoms. The van der Waals surface area contributed by atoms with Gasteiger partial charge in [0, 0.05) is 38.4 Å². The van der Waals surface area contributed by atoms with Crippen LogP contribution in [0.4, 0.5) is 5.69 Å². The number of nitrogens with zero attached hydrogens (tertiary/aromatic N) is 2. The molecule has 5 nitrogen and oxygen atoms in total. The first-order valence-corrected chi connectivity index (χ1v) is 8.99. The van der Waals surface area contributed by atoms with E-state index in [9.17, 15) is 8.42 Å². The Morgan fingerprint density at radius 3 is 2.38 bits per heavy atom. The van der Waals surface area contributed by atoms with Crippen molar-refractivity contribution >= 4 is 15.7 Å². The van der Waals surface area contributed by atoms with E-state index >= 15 is 0 Å². The van der Waals surface area contributed by atoms with Gasteiger partial charge < -0.3 is 10.6 Å². The highest BCUT2D eigenvalue weighted by atomic mass is 32.2. The summed E-state index contributed by atoms with van der Waals surface area (Å²) in [6, 6.07) is 5.04. The van der Waals surface area contributed by atoms with E-state index in [0.29, 0.717) is 23.7 Å². The third-order valence-electron chi connectivity index (χ3n) is 4.26. The molecule has 0 radical (unpaired) electrons. The maximum atomic E-state index is 12.7. The quantitative estimate of drug-likeness (QED) is 0.851. The lowest BCUT2D eigenvalue weighted by atomic mass is 10.2. The van der Waals surface area contributed by atoms with Crippen LogP contribution in [0, 0.1) is 12.8 Å². The zero-order valence-electron chi connectivity index (χ0n) is 12.5. The van der Waals surface area contributed by atoms with Gasteiger partial charge in [0.15, 0.2) is 0 Å². The molecule has 2 N–H and O–H groups in total. The largest absolute Gasteiger partial charge is 0.399 e. The van der Waals surface area contributed by atoms with Gasteiger partial charge in [-0.15, -0.1) is 0 Å². The van der Waals surface area contributed by atoms with E-state index in [-0.39, 0.29) is 0 Å². The highest BCUT2D eigenvalue weighted by Crippen LogP contribution is 2.30. The van der Waals surface area contributed by atoms with Crippen molar-refractivity contribution < 1.29 is 8.42 Å². The summed E-state index contributed by atoms with van der Waals surface area (Å²) in [6.45, 7) is 5.80. The zero-order chi connectivity index (χ0) is 15.0. The maximum absolute atomic E-state index is 12.7. The van der Waals surface area contributed by atoms with Crippen LogP contribution in [0.25, 0.3) is 0 Å². The van der Waals surface area contributed by atoms with E-state index in [1.807, 2.05) is 6.92 Å². The predicted molar refractivity (Wildman–Crippen MR) is 83.5 cm³/mol. The molecular weight excluding hydrogens is 286 g/mol. The van der Waals surface area contributed by atoms with Gasteiger partial charge in [-0.1, -0.05) is 0 Å². The summed E-state index contributed by atoms with van der Waals surface area (Å²) in [4.78, 5) is 2.70. The Hall–Kier alpha value is -1.11. The summed E-state index contributed by atoms with van der Waals surface area (Å²) < 4.78 is 27.0. The molecule has 1 aromatic carbocycles. The van der Waals surface area contributed by atoms with Crippen LogP contribution >= 0.6 is 0 Å². The minimum atomic E-state index is -3.42. The monoisotopic (exact) mass is 309 g/mol. The molecule has 1 saturated heterocycles. The molecule has 1 aromatic rings. The van der Waals surface area contributed by atoms with Crippen molar-refractivity contribution in [3.8, 4) is 0 Å². The highest BCUT2D eigenvalue weighted by molar-refractivity contribution is 7.89. The molecule has 1 saturated carbocycles. The Kier molecular flexibility index (Phi) is 3.94. The van der Waals surface area contributed by atoms with Gasteiger partial charge in [0.1, 0.15) is 0 Å². The van der Waals surface area contributed by atoms with E-state index < -0.39 is 10.0 Å². The van der Waals surface area contributed by atoms with Gasteiger partial charge in [-0.3, -0.25) is 0 Å². The van der Waals surface area contributed by atoms with Crippen molar-refractivity contribution in [1.82, 2.24) is 9.21 Å². The molecule has 0 unspecified atom stereocenters. The van der Waals surface area contributed by atoms with Gasteiger partial charge in [0.2, 0.25) is 10.0 Å². The van der Waals surface area contributed by atoms with Crippen molar-refractivity contribution in [3.63, 3.8) is 0 Å². The first-order chi connectivity index (χ1) is 9.95. The fourth-order valence-electron chi connectivity index (χ4n) is 2.89. The molecule has 0 amide bonds. The summed E-state index contributed by atoms with van der Waals surface area (Å²) in [5.41, 5.74) is 7.16. The predicted octanol–water partition coefficient (Wildman–Crippen LogP) is 1.29. The van der Waals surface area contributed by atoms with Gasteiger partial charge >= 0.3 is 0 Å². The van der Waals surface area contributed by atoms with Crippen molar-refractivity contribution in [2.24, 2.45) is 5.92 Å². The lowest BCUT2D eigenvalue weighted by Gasteiger charge is -2.34. The number of hydrogen-bond donors (Lipinski definition) is 1. The van der Waals surface area contributed by atoms with Crippen molar-refractivity contribution in [2.75, 3.05) is 38.5 Å².